The normalized spacial score (nSPS) is 48.4. The van der Waals surface area contributed by atoms with Gasteiger partial charge in [-0.25, -0.2) is 0 Å². The van der Waals surface area contributed by atoms with Gasteiger partial charge in [0.05, 0.1) is 5.76 Å². The van der Waals surface area contributed by atoms with E-state index in [0.717, 1.165) is 38.4 Å². The number of rotatable bonds is 1. The topological polar surface area (TPSA) is 57.5 Å². The number of carbonyl (C=O) groups excluding carboxylic acids is 1. The van der Waals surface area contributed by atoms with E-state index < -0.39 is 5.60 Å². The predicted molar refractivity (Wildman–Crippen MR) is 88.8 cm³/mol. The number of carbonyl (C=O) groups is 1. The molecule has 3 nitrogen and oxygen atoms in total. The van der Waals surface area contributed by atoms with Crippen molar-refractivity contribution in [3.63, 3.8) is 0 Å². The molecule has 0 unspecified atom stereocenters. The molecule has 0 aromatic rings. The first kappa shape index (κ1) is 15.2. The summed E-state index contributed by atoms with van der Waals surface area (Å²) in [6.45, 7) is 4.39. The predicted octanol–water partition coefficient (Wildman–Crippen LogP) is 3.85. The molecule has 4 aliphatic carbocycles. The number of aliphatic hydroxyl groups is 2. The number of fused-ring (bicyclic) bond motifs is 5. The standard InChI is InChI=1S/C20H26O3/c1-18-8-5-14(22)11-13(18)3-4-15-16(18)6-9-19(2)17(15)7-10-20(19,23)12-21/h3,6,11-12,15,17,22-23H,4-5,7-10H2,1-2H3/t15-,17+,18+,19+,20+/m1/s1. The molecular weight excluding hydrogens is 288 g/mol. The number of hydrogen-bond donors (Lipinski definition) is 2. The second-order valence-electron chi connectivity index (χ2n) is 8.44. The molecule has 1 fully saturated rings. The van der Waals surface area contributed by atoms with E-state index in [2.05, 4.69) is 26.0 Å². The van der Waals surface area contributed by atoms with Crippen LogP contribution in [0.1, 0.15) is 52.4 Å². The first-order valence-corrected chi connectivity index (χ1v) is 8.83. The van der Waals surface area contributed by atoms with Crippen LogP contribution in [-0.2, 0) is 4.79 Å². The Morgan fingerprint density at radius 2 is 2.04 bits per heavy atom. The van der Waals surface area contributed by atoms with E-state index in [1.165, 1.54) is 11.1 Å². The first-order valence-electron chi connectivity index (χ1n) is 8.83. The third-order valence-corrected chi connectivity index (χ3v) is 7.54. The minimum absolute atomic E-state index is 0.0123. The highest BCUT2D eigenvalue weighted by atomic mass is 16.3. The van der Waals surface area contributed by atoms with Crippen LogP contribution in [0.15, 0.2) is 35.1 Å². The van der Waals surface area contributed by atoms with Crippen molar-refractivity contribution in [2.24, 2.45) is 22.7 Å². The van der Waals surface area contributed by atoms with E-state index >= 15 is 0 Å². The van der Waals surface area contributed by atoms with E-state index in [0.29, 0.717) is 24.0 Å². The molecule has 2 N–H and O–H groups in total. The van der Waals surface area contributed by atoms with Crippen LogP contribution in [0.5, 0.6) is 0 Å². The molecule has 0 aromatic heterocycles. The maximum absolute atomic E-state index is 11.6. The average molecular weight is 314 g/mol. The van der Waals surface area contributed by atoms with Crippen molar-refractivity contribution in [3.8, 4) is 0 Å². The quantitative estimate of drug-likeness (QED) is 0.571. The Morgan fingerprint density at radius 1 is 1.26 bits per heavy atom. The zero-order chi connectivity index (χ0) is 16.5. The van der Waals surface area contributed by atoms with E-state index in [1.54, 1.807) is 0 Å². The number of aldehydes is 1. The summed E-state index contributed by atoms with van der Waals surface area (Å²) >= 11 is 0. The Hall–Kier alpha value is -1.35. The summed E-state index contributed by atoms with van der Waals surface area (Å²) in [5.74, 6) is 1.28. The van der Waals surface area contributed by atoms with Crippen LogP contribution in [0.25, 0.3) is 0 Å². The fourth-order valence-corrected chi connectivity index (χ4v) is 5.87. The summed E-state index contributed by atoms with van der Waals surface area (Å²) in [6, 6.07) is 0. The Kier molecular flexibility index (Phi) is 3.04. The van der Waals surface area contributed by atoms with Gasteiger partial charge in [0, 0.05) is 17.3 Å². The number of hydrogen-bond acceptors (Lipinski definition) is 3. The minimum atomic E-state index is -1.17. The van der Waals surface area contributed by atoms with Crippen molar-refractivity contribution < 1.29 is 15.0 Å². The van der Waals surface area contributed by atoms with Crippen LogP contribution < -0.4 is 0 Å². The van der Waals surface area contributed by atoms with Crippen molar-refractivity contribution in [1.29, 1.82) is 0 Å². The van der Waals surface area contributed by atoms with Crippen molar-refractivity contribution in [3.05, 3.63) is 35.1 Å². The van der Waals surface area contributed by atoms with Crippen LogP contribution in [0.2, 0.25) is 0 Å². The molecule has 0 saturated heterocycles. The van der Waals surface area contributed by atoms with Gasteiger partial charge >= 0.3 is 0 Å². The van der Waals surface area contributed by atoms with E-state index in [4.69, 9.17) is 0 Å². The second kappa shape index (κ2) is 4.60. The van der Waals surface area contributed by atoms with Crippen molar-refractivity contribution in [1.82, 2.24) is 0 Å². The first-order chi connectivity index (χ1) is 10.8. The van der Waals surface area contributed by atoms with E-state index in [9.17, 15) is 15.0 Å². The largest absolute Gasteiger partial charge is 0.512 e. The second-order valence-corrected chi connectivity index (χ2v) is 8.44. The SMILES string of the molecule is C[C@]12CCC(O)=CC1=CC[C@@H]1C2=CC[C@@]2(C)[C@H]1CC[C@]2(O)C=O. The van der Waals surface area contributed by atoms with Gasteiger partial charge in [0.1, 0.15) is 5.60 Å². The zero-order valence-electron chi connectivity index (χ0n) is 14.0. The highest BCUT2D eigenvalue weighted by Crippen LogP contribution is 2.64. The van der Waals surface area contributed by atoms with Gasteiger partial charge in [0.25, 0.3) is 0 Å². The molecule has 0 spiro atoms. The van der Waals surface area contributed by atoms with Gasteiger partial charge in [-0.1, -0.05) is 31.6 Å². The molecular formula is C20H26O3. The molecule has 0 aromatic carbocycles. The molecule has 4 rings (SSSR count). The fraction of sp³-hybridized carbons (Fsp3) is 0.650. The lowest BCUT2D eigenvalue weighted by atomic mass is 9.52. The molecule has 0 bridgehead atoms. The molecule has 0 heterocycles. The monoisotopic (exact) mass is 314 g/mol. The van der Waals surface area contributed by atoms with Gasteiger partial charge in [0.15, 0.2) is 6.29 Å². The summed E-state index contributed by atoms with van der Waals surface area (Å²) in [7, 11) is 0. The van der Waals surface area contributed by atoms with Gasteiger partial charge in [-0.2, -0.15) is 0 Å². The van der Waals surface area contributed by atoms with E-state index in [1.807, 2.05) is 6.08 Å². The van der Waals surface area contributed by atoms with Gasteiger partial charge in [-0.3, -0.25) is 0 Å². The molecule has 0 radical (unpaired) electrons. The van der Waals surface area contributed by atoms with E-state index in [-0.39, 0.29) is 10.8 Å². The van der Waals surface area contributed by atoms with Gasteiger partial charge in [-0.15, -0.1) is 0 Å². The summed E-state index contributed by atoms with van der Waals surface area (Å²) < 4.78 is 0. The maximum atomic E-state index is 11.6. The smallest absolute Gasteiger partial charge is 0.152 e. The van der Waals surface area contributed by atoms with Gasteiger partial charge in [0.2, 0.25) is 0 Å². The zero-order valence-corrected chi connectivity index (χ0v) is 14.0. The molecule has 124 valence electrons. The van der Waals surface area contributed by atoms with Crippen LogP contribution in [0.3, 0.4) is 0 Å². The Balaban J connectivity index is 1.78. The summed E-state index contributed by atoms with van der Waals surface area (Å²) in [4.78, 5) is 11.6. The Labute approximate surface area is 137 Å². The Bertz CT molecular complexity index is 658. The molecule has 5 atom stereocenters. The van der Waals surface area contributed by atoms with Crippen LogP contribution in [-0.4, -0.2) is 22.1 Å². The van der Waals surface area contributed by atoms with Crippen molar-refractivity contribution >= 4 is 6.29 Å². The third kappa shape index (κ3) is 1.77. The number of aliphatic hydroxyl groups excluding tert-OH is 1. The molecule has 1 saturated carbocycles. The molecule has 4 aliphatic rings. The van der Waals surface area contributed by atoms with Crippen molar-refractivity contribution in [2.75, 3.05) is 0 Å². The molecule has 0 aliphatic heterocycles. The fourth-order valence-electron chi connectivity index (χ4n) is 5.87. The highest BCUT2D eigenvalue weighted by Gasteiger charge is 2.61. The molecule has 0 amide bonds. The minimum Gasteiger partial charge on any atom is -0.512 e. The average Bonchev–Trinajstić information content (AvgIpc) is 2.80. The van der Waals surface area contributed by atoms with Crippen LogP contribution in [0.4, 0.5) is 0 Å². The highest BCUT2D eigenvalue weighted by molar-refractivity contribution is 5.65. The lowest BCUT2D eigenvalue weighted by Crippen LogP contribution is -2.51. The summed E-state index contributed by atoms with van der Waals surface area (Å²) in [5, 5.41) is 20.7. The van der Waals surface area contributed by atoms with Crippen molar-refractivity contribution in [2.45, 2.75) is 58.0 Å². The van der Waals surface area contributed by atoms with Gasteiger partial charge in [-0.05, 0) is 55.6 Å². The Morgan fingerprint density at radius 3 is 2.78 bits per heavy atom. The molecule has 23 heavy (non-hydrogen) atoms. The summed E-state index contributed by atoms with van der Waals surface area (Å²) in [6.07, 6.45) is 12.3. The number of allylic oxidation sites excluding steroid dienone is 6. The third-order valence-electron chi connectivity index (χ3n) is 7.54. The lowest BCUT2D eigenvalue weighted by molar-refractivity contribution is -0.138. The maximum Gasteiger partial charge on any atom is 0.152 e. The molecule has 3 heteroatoms. The van der Waals surface area contributed by atoms with Gasteiger partial charge < -0.3 is 15.0 Å². The van der Waals surface area contributed by atoms with Crippen LogP contribution >= 0.6 is 0 Å². The van der Waals surface area contributed by atoms with Crippen LogP contribution in [0, 0.1) is 22.7 Å². The lowest BCUT2D eigenvalue weighted by Gasteiger charge is -2.52. The summed E-state index contributed by atoms with van der Waals surface area (Å²) in [5.41, 5.74) is 1.23.